The molecular weight excluding hydrogens is 532 g/mol. The summed E-state index contributed by atoms with van der Waals surface area (Å²) in [6.45, 7) is 7.00. The summed E-state index contributed by atoms with van der Waals surface area (Å²) in [5.74, 6) is -1.73. The lowest BCUT2D eigenvalue weighted by Crippen LogP contribution is -2.42. The molecule has 0 radical (unpaired) electrons. The van der Waals surface area contributed by atoms with Gasteiger partial charge in [0.25, 0.3) is 5.91 Å². The molecule has 2 atom stereocenters. The zero-order valence-electron chi connectivity index (χ0n) is 23.2. The monoisotopic (exact) mass is 566 g/mol. The number of hydrogen-bond acceptors (Lipinski definition) is 6. The van der Waals surface area contributed by atoms with Crippen molar-refractivity contribution in [3.05, 3.63) is 81.5 Å². The van der Waals surface area contributed by atoms with Crippen molar-refractivity contribution in [3.8, 4) is 0 Å². The van der Waals surface area contributed by atoms with Gasteiger partial charge in [0.15, 0.2) is 0 Å². The number of benzene rings is 2. The summed E-state index contributed by atoms with van der Waals surface area (Å²) >= 11 is 6.20. The lowest BCUT2D eigenvalue weighted by Gasteiger charge is -2.34. The minimum atomic E-state index is -0.454. The Morgan fingerprint density at radius 2 is 1.75 bits per heavy atom. The standard InChI is InChI=1S/C31H35ClN2O6/c1-4-39-30(37)24-9-7-15-33(19-24)29(36)22-13-11-21(12-14-22)18-34-20(3)28(31(38)40-5-2)26(17-27(34)35)23-8-6-10-25(32)16-23/h6,8,10-14,16,24,26H,4-5,7,9,15,17-19H2,1-3H3. The lowest BCUT2D eigenvalue weighted by molar-refractivity contribution is -0.149. The molecule has 1 saturated heterocycles. The van der Waals surface area contributed by atoms with Crippen molar-refractivity contribution in [2.45, 2.75) is 52.5 Å². The Balaban J connectivity index is 1.52. The molecule has 0 aliphatic carbocycles. The third-order valence-electron chi connectivity index (χ3n) is 7.44. The summed E-state index contributed by atoms with van der Waals surface area (Å²) in [7, 11) is 0. The number of amides is 2. The summed E-state index contributed by atoms with van der Waals surface area (Å²) in [5, 5.41) is 0.531. The van der Waals surface area contributed by atoms with Gasteiger partial charge in [-0.1, -0.05) is 35.9 Å². The van der Waals surface area contributed by atoms with Crippen LogP contribution >= 0.6 is 11.6 Å². The van der Waals surface area contributed by atoms with Gasteiger partial charge in [0.1, 0.15) is 0 Å². The van der Waals surface area contributed by atoms with Gasteiger partial charge in [0.05, 0.1) is 31.2 Å². The topological polar surface area (TPSA) is 93.2 Å². The first-order chi connectivity index (χ1) is 19.2. The lowest BCUT2D eigenvalue weighted by atomic mass is 9.83. The molecule has 0 bridgehead atoms. The summed E-state index contributed by atoms with van der Waals surface area (Å²) < 4.78 is 10.5. The van der Waals surface area contributed by atoms with Crippen molar-refractivity contribution in [1.82, 2.24) is 9.80 Å². The molecular formula is C31H35ClN2O6. The van der Waals surface area contributed by atoms with Crippen molar-refractivity contribution in [2.24, 2.45) is 5.92 Å². The molecule has 4 rings (SSSR count). The van der Waals surface area contributed by atoms with Crippen LogP contribution in [-0.2, 0) is 30.4 Å². The van der Waals surface area contributed by atoms with Gasteiger partial charge in [0.2, 0.25) is 5.91 Å². The van der Waals surface area contributed by atoms with Crippen molar-refractivity contribution in [1.29, 1.82) is 0 Å². The van der Waals surface area contributed by atoms with Gasteiger partial charge in [-0.05, 0) is 69.0 Å². The number of nitrogens with zero attached hydrogens (tertiary/aromatic N) is 2. The van der Waals surface area contributed by atoms with Crippen LogP contribution in [0.4, 0.5) is 0 Å². The van der Waals surface area contributed by atoms with E-state index in [1.807, 2.05) is 18.2 Å². The Bertz CT molecular complexity index is 1310. The Morgan fingerprint density at radius 3 is 2.42 bits per heavy atom. The molecule has 2 amide bonds. The molecule has 0 saturated carbocycles. The van der Waals surface area contributed by atoms with E-state index >= 15 is 0 Å². The third kappa shape index (κ3) is 6.55. The maximum absolute atomic E-state index is 13.3. The SMILES string of the molecule is CCOC(=O)C1=C(C)N(Cc2ccc(C(=O)N3CCCC(C(=O)OCC)C3)cc2)C(=O)CC1c1cccc(Cl)c1. The van der Waals surface area contributed by atoms with E-state index in [1.165, 1.54) is 0 Å². The number of carbonyl (C=O) groups excluding carboxylic acids is 4. The smallest absolute Gasteiger partial charge is 0.336 e. The number of hydrogen-bond donors (Lipinski definition) is 0. The molecule has 1 fully saturated rings. The van der Waals surface area contributed by atoms with Crippen LogP contribution in [0.1, 0.15) is 67.4 Å². The second-order valence-corrected chi connectivity index (χ2v) is 10.5. The van der Waals surface area contributed by atoms with Gasteiger partial charge in [-0.2, -0.15) is 0 Å². The van der Waals surface area contributed by atoms with Crippen LogP contribution in [0.15, 0.2) is 59.8 Å². The fourth-order valence-electron chi connectivity index (χ4n) is 5.42. The van der Waals surface area contributed by atoms with E-state index in [4.69, 9.17) is 21.1 Å². The maximum atomic E-state index is 13.3. The predicted molar refractivity (Wildman–Crippen MR) is 150 cm³/mol. The highest BCUT2D eigenvalue weighted by Crippen LogP contribution is 2.38. The molecule has 0 N–H and O–H groups in total. The fourth-order valence-corrected chi connectivity index (χ4v) is 5.62. The van der Waals surface area contributed by atoms with Crippen LogP contribution in [0.3, 0.4) is 0 Å². The molecule has 2 unspecified atom stereocenters. The Morgan fingerprint density at radius 1 is 1.02 bits per heavy atom. The molecule has 2 aliphatic rings. The highest BCUT2D eigenvalue weighted by Gasteiger charge is 2.37. The fraction of sp³-hybridized carbons (Fsp3) is 0.419. The van der Waals surface area contributed by atoms with E-state index in [1.54, 1.807) is 60.9 Å². The number of carbonyl (C=O) groups is 4. The van der Waals surface area contributed by atoms with Crippen LogP contribution in [0.25, 0.3) is 0 Å². The first-order valence-corrected chi connectivity index (χ1v) is 14.1. The average Bonchev–Trinajstić information content (AvgIpc) is 2.95. The Kier molecular flexibility index (Phi) is 9.63. The third-order valence-corrected chi connectivity index (χ3v) is 7.67. The quantitative estimate of drug-likeness (QED) is 0.412. The summed E-state index contributed by atoms with van der Waals surface area (Å²) in [6.07, 6.45) is 1.57. The van der Waals surface area contributed by atoms with Crippen LogP contribution in [0.2, 0.25) is 5.02 Å². The molecule has 2 heterocycles. The first-order valence-electron chi connectivity index (χ1n) is 13.7. The number of likely N-dealkylation sites (tertiary alicyclic amines) is 1. The summed E-state index contributed by atoms with van der Waals surface area (Å²) in [4.78, 5) is 55.0. The van der Waals surface area contributed by atoms with Crippen LogP contribution in [0.5, 0.6) is 0 Å². The van der Waals surface area contributed by atoms with Gasteiger partial charge >= 0.3 is 11.9 Å². The Labute approximate surface area is 239 Å². The average molecular weight is 567 g/mol. The first kappa shape index (κ1) is 29.3. The molecule has 2 aliphatic heterocycles. The zero-order valence-corrected chi connectivity index (χ0v) is 23.9. The number of esters is 2. The molecule has 2 aromatic carbocycles. The highest BCUT2D eigenvalue weighted by molar-refractivity contribution is 6.30. The molecule has 40 heavy (non-hydrogen) atoms. The van der Waals surface area contributed by atoms with Crippen molar-refractivity contribution in [3.63, 3.8) is 0 Å². The molecule has 2 aromatic rings. The van der Waals surface area contributed by atoms with E-state index in [-0.39, 0.29) is 43.3 Å². The molecule has 0 spiro atoms. The number of halogens is 1. The second-order valence-electron chi connectivity index (χ2n) is 10.1. The predicted octanol–water partition coefficient (Wildman–Crippen LogP) is 5.11. The molecule has 8 nitrogen and oxygen atoms in total. The van der Waals surface area contributed by atoms with Crippen molar-refractivity contribution < 1.29 is 28.7 Å². The van der Waals surface area contributed by atoms with Gasteiger partial charge in [-0.15, -0.1) is 0 Å². The van der Waals surface area contributed by atoms with Gasteiger partial charge in [-0.3, -0.25) is 14.4 Å². The van der Waals surface area contributed by atoms with Crippen LogP contribution in [0, 0.1) is 5.92 Å². The van der Waals surface area contributed by atoms with Gasteiger partial charge < -0.3 is 19.3 Å². The molecule has 9 heteroatoms. The highest BCUT2D eigenvalue weighted by atomic mass is 35.5. The molecule has 212 valence electrons. The molecule has 0 aromatic heterocycles. The van der Waals surface area contributed by atoms with Crippen LogP contribution < -0.4 is 0 Å². The number of piperidine rings is 1. The van der Waals surface area contributed by atoms with Crippen molar-refractivity contribution in [2.75, 3.05) is 26.3 Å². The van der Waals surface area contributed by atoms with Gasteiger partial charge in [0, 0.05) is 41.7 Å². The maximum Gasteiger partial charge on any atom is 0.336 e. The van der Waals surface area contributed by atoms with Crippen LogP contribution in [-0.4, -0.2) is 59.9 Å². The van der Waals surface area contributed by atoms with E-state index < -0.39 is 11.9 Å². The van der Waals surface area contributed by atoms with E-state index in [2.05, 4.69) is 0 Å². The number of allylic oxidation sites excluding steroid dienone is 1. The van der Waals surface area contributed by atoms with E-state index in [0.717, 1.165) is 17.5 Å². The summed E-state index contributed by atoms with van der Waals surface area (Å²) in [5.41, 5.74) is 3.10. The largest absolute Gasteiger partial charge is 0.466 e. The second kappa shape index (κ2) is 13.1. The van der Waals surface area contributed by atoms with E-state index in [0.29, 0.717) is 48.0 Å². The Hall–Kier alpha value is -3.65. The number of rotatable bonds is 8. The normalized spacial score (nSPS) is 19.4. The van der Waals surface area contributed by atoms with Crippen molar-refractivity contribution >= 4 is 35.4 Å². The van der Waals surface area contributed by atoms with Gasteiger partial charge in [-0.25, -0.2) is 4.79 Å². The summed E-state index contributed by atoms with van der Waals surface area (Å²) in [6, 6.07) is 14.3. The zero-order chi connectivity index (χ0) is 28.8. The minimum absolute atomic E-state index is 0.110. The number of ether oxygens (including phenoxy) is 2. The minimum Gasteiger partial charge on any atom is -0.466 e. The van der Waals surface area contributed by atoms with E-state index in [9.17, 15) is 19.2 Å².